The zero-order valence-corrected chi connectivity index (χ0v) is 11.5. The molecule has 1 aromatic heterocycles. The molecule has 0 aliphatic rings. The summed E-state index contributed by atoms with van der Waals surface area (Å²) in [5.41, 5.74) is 1.97. The molecule has 18 heavy (non-hydrogen) atoms. The van der Waals surface area contributed by atoms with Gasteiger partial charge in [-0.3, -0.25) is 4.98 Å². The highest BCUT2D eigenvalue weighted by Crippen LogP contribution is 2.23. The van der Waals surface area contributed by atoms with Gasteiger partial charge in [0.2, 0.25) is 0 Å². The van der Waals surface area contributed by atoms with Crippen LogP contribution in [-0.4, -0.2) is 10.1 Å². The molecule has 4 heteroatoms. The average molecular weight is 310 g/mol. The molecule has 1 heterocycles. The van der Waals surface area contributed by atoms with Crippen LogP contribution in [0, 0.1) is 12.7 Å². The first-order chi connectivity index (χ1) is 8.58. The van der Waals surface area contributed by atoms with Gasteiger partial charge >= 0.3 is 0 Å². The van der Waals surface area contributed by atoms with Gasteiger partial charge in [-0.15, -0.1) is 0 Å². The van der Waals surface area contributed by atoms with E-state index in [-0.39, 0.29) is 12.2 Å². The van der Waals surface area contributed by atoms with Crippen molar-refractivity contribution in [3.05, 3.63) is 63.6 Å². The van der Waals surface area contributed by atoms with Gasteiger partial charge in [-0.05, 0) is 42.3 Å². The van der Waals surface area contributed by atoms with Crippen LogP contribution in [-0.2, 0) is 6.42 Å². The lowest BCUT2D eigenvalue weighted by Crippen LogP contribution is -2.07. The van der Waals surface area contributed by atoms with Crippen molar-refractivity contribution in [2.75, 3.05) is 0 Å². The van der Waals surface area contributed by atoms with Gasteiger partial charge in [0.25, 0.3) is 0 Å². The SMILES string of the molecule is Cc1cccnc1C(O)Cc1cc(Br)ccc1F. The number of aliphatic hydroxyl groups is 1. The molecule has 2 nitrogen and oxygen atoms in total. The normalized spacial score (nSPS) is 12.4. The predicted octanol–water partition coefficient (Wildman–Crippen LogP) is 3.57. The average Bonchev–Trinajstić information content (AvgIpc) is 2.34. The Hall–Kier alpha value is -1.26. The molecular formula is C14H13BrFNO. The van der Waals surface area contributed by atoms with E-state index in [0.717, 1.165) is 10.0 Å². The smallest absolute Gasteiger partial charge is 0.126 e. The fourth-order valence-corrected chi connectivity index (χ4v) is 2.26. The topological polar surface area (TPSA) is 33.1 Å². The summed E-state index contributed by atoms with van der Waals surface area (Å²) >= 11 is 3.29. The second-order valence-electron chi connectivity index (χ2n) is 4.16. The van der Waals surface area contributed by atoms with E-state index >= 15 is 0 Å². The predicted molar refractivity (Wildman–Crippen MR) is 71.7 cm³/mol. The van der Waals surface area contributed by atoms with Gasteiger partial charge in [-0.25, -0.2) is 4.39 Å². The maximum Gasteiger partial charge on any atom is 0.126 e. The van der Waals surface area contributed by atoms with Crippen molar-refractivity contribution in [1.29, 1.82) is 0 Å². The van der Waals surface area contributed by atoms with E-state index in [1.54, 1.807) is 18.3 Å². The number of pyridine rings is 1. The second kappa shape index (κ2) is 5.59. The molecule has 0 radical (unpaired) electrons. The Kier molecular flexibility index (Phi) is 4.09. The van der Waals surface area contributed by atoms with Crippen LogP contribution < -0.4 is 0 Å². The molecule has 1 unspecified atom stereocenters. The Morgan fingerprint density at radius 3 is 2.89 bits per heavy atom. The molecular weight excluding hydrogens is 297 g/mol. The molecule has 0 saturated heterocycles. The third kappa shape index (κ3) is 2.94. The monoisotopic (exact) mass is 309 g/mol. The maximum absolute atomic E-state index is 13.6. The van der Waals surface area contributed by atoms with E-state index in [4.69, 9.17) is 0 Å². The number of aliphatic hydroxyl groups excluding tert-OH is 1. The van der Waals surface area contributed by atoms with E-state index in [2.05, 4.69) is 20.9 Å². The minimum Gasteiger partial charge on any atom is -0.386 e. The fraction of sp³-hybridized carbons (Fsp3) is 0.214. The third-order valence-electron chi connectivity index (χ3n) is 2.79. The lowest BCUT2D eigenvalue weighted by Gasteiger charge is -2.13. The molecule has 0 aliphatic heterocycles. The minimum atomic E-state index is -0.796. The number of rotatable bonds is 3. The van der Waals surface area contributed by atoms with Crippen LogP contribution >= 0.6 is 15.9 Å². The number of nitrogens with zero attached hydrogens (tertiary/aromatic N) is 1. The summed E-state index contributed by atoms with van der Waals surface area (Å²) in [5, 5.41) is 10.1. The molecule has 1 atom stereocenters. The number of aryl methyl sites for hydroxylation is 1. The van der Waals surface area contributed by atoms with Crippen LogP contribution in [0.1, 0.15) is 22.9 Å². The fourth-order valence-electron chi connectivity index (χ4n) is 1.85. The van der Waals surface area contributed by atoms with Gasteiger partial charge in [-0.1, -0.05) is 22.0 Å². The van der Waals surface area contributed by atoms with E-state index in [1.165, 1.54) is 6.07 Å². The van der Waals surface area contributed by atoms with Gasteiger partial charge in [0.05, 0.1) is 5.69 Å². The quantitative estimate of drug-likeness (QED) is 0.940. The lowest BCUT2D eigenvalue weighted by molar-refractivity contribution is 0.171. The zero-order chi connectivity index (χ0) is 13.1. The molecule has 0 saturated carbocycles. The van der Waals surface area contributed by atoms with Crippen molar-refractivity contribution in [2.24, 2.45) is 0 Å². The Morgan fingerprint density at radius 2 is 2.17 bits per heavy atom. The van der Waals surface area contributed by atoms with E-state index in [0.29, 0.717) is 11.3 Å². The first kappa shape index (κ1) is 13.2. The Balaban J connectivity index is 2.24. The highest BCUT2D eigenvalue weighted by atomic mass is 79.9. The Morgan fingerprint density at radius 1 is 1.39 bits per heavy atom. The number of halogens is 2. The van der Waals surface area contributed by atoms with Crippen LogP contribution in [0.5, 0.6) is 0 Å². The van der Waals surface area contributed by atoms with Crippen LogP contribution in [0.3, 0.4) is 0 Å². The van der Waals surface area contributed by atoms with Gasteiger partial charge < -0.3 is 5.11 Å². The number of hydrogen-bond acceptors (Lipinski definition) is 2. The van der Waals surface area contributed by atoms with Crippen molar-refractivity contribution >= 4 is 15.9 Å². The summed E-state index contributed by atoms with van der Waals surface area (Å²) in [4.78, 5) is 4.14. The van der Waals surface area contributed by atoms with Crippen LogP contribution in [0.25, 0.3) is 0 Å². The standard InChI is InChI=1S/C14H13BrFNO/c1-9-3-2-6-17-14(9)13(18)8-10-7-11(15)4-5-12(10)16/h2-7,13,18H,8H2,1H3. The molecule has 1 N–H and O–H groups in total. The molecule has 0 amide bonds. The van der Waals surface area contributed by atoms with Crippen LogP contribution in [0.2, 0.25) is 0 Å². The summed E-state index contributed by atoms with van der Waals surface area (Å²) in [6.45, 7) is 1.88. The second-order valence-corrected chi connectivity index (χ2v) is 5.08. The van der Waals surface area contributed by atoms with Crippen molar-refractivity contribution in [3.63, 3.8) is 0 Å². The van der Waals surface area contributed by atoms with Gasteiger partial charge in [0.15, 0.2) is 0 Å². The van der Waals surface area contributed by atoms with E-state index in [1.807, 2.05) is 19.1 Å². The number of aromatic nitrogens is 1. The molecule has 0 aliphatic carbocycles. The first-order valence-corrected chi connectivity index (χ1v) is 6.40. The molecule has 2 aromatic rings. The lowest BCUT2D eigenvalue weighted by atomic mass is 10.0. The van der Waals surface area contributed by atoms with Gasteiger partial charge in [0.1, 0.15) is 11.9 Å². The molecule has 2 rings (SSSR count). The Bertz CT molecular complexity index is 559. The highest BCUT2D eigenvalue weighted by Gasteiger charge is 2.14. The summed E-state index contributed by atoms with van der Waals surface area (Å²) < 4.78 is 14.4. The zero-order valence-electron chi connectivity index (χ0n) is 9.90. The van der Waals surface area contributed by atoms with Gasteiger partial charge in [-0.2, -0.15) is 0 Å². The summed E-state index contributed by atoms with van der Waals surface area (Å²) in [7, 11) is 0. The summed E-state index contributed by atoms with van der Waals surface area (Å²) in [6.07, 6.45) is 1.04. The van der Waals surface area contributed by atoms with Gasteiger partial charge in [0, 0.05) is 17.1 Å². The van der Waals surface area contributed by atoms with Crippen molar-refractivity contribution in [3.8, 4) is 0 Å². The van der Waals surface area contributed by atoms with E-state index in [9.17, 15) is 9.50 Å². The largest absolute Gasteiger partial charge is 0.386 e. The first-order valence-electron chi connectivity index (χ1n) is 5.61. The van der Waals surface area contributed by atoms with Crippen LogP contribution in [0.4, 0.5) is 4.39 Å². The number of hydrogen-bond donors (Lipinski definition) is 1. The molecule has 0 fully saturated rings. The summed E-state index contributed by atoms with van der Waals surface area (Å²) in [5.74, 6) is -0.314. The molecule has 1 aromatic carbocycles. The summed E-state index contributed by atoms with van der Waals surface area (Å²) in [6, 6.07) is 8.39. The Labute approximate surface area is 114 Å². The van der Waals surface area contributed by atoms with Crippen molar-refractivity contribution in [2.45, 2.75) is 19.4 Å². The minimum absolute atomic E-state index is 0.211. The number of benzene rings is 1. The maximum atomic E-state index is 13.6. The molecule has 0 spiro atoms. The molecule has 0 bridgehead atoms. The van der Waals surface area contributed by atoms with E-state index < -0.39 is 6.10 Å². The molecule has 94 valence electrons. The highest BCUT2D eigenvalue weighted by molar-refractivity contribution is 9.10. The van der Waals surface area contributed by atoms with Crippen molar-refractivity contribution < 1.29 is 9.50 Å². The van der Waals surface area contributed by atoms with Crippen molar-refractivity contribution in [1.82, 2.24) is 4.98 Å². The van der Waals surface area contributed by atoms with Crippen LogP contribution in [0.15, 0.2) is 41.0 Å². The third-order valence-corrected chi connectivity index (χ3v) is 3.28.